The number of sulfonamides is 1. The lowest BCUT2D eigenvalue weighted by Gasteiger charge is -2.33. The third-order valence-electron chi connectivity index (χ3n) is 4.94. The molecule has 6 heteroatoms. The molecule has 1 heterocycles. The maximum absolute atomic E-state index is 13.3. The van der Waals surface area contributed by atoms with Gasteiger partial charge in [-0.25, -0.2) is 8.42 Å². The van der Waals surface area contributed by atoms with E-state index in [1.807, 2.05) is 19.1 Å². The van der Waals surface area contributed by atoms with Gasteiger partial charge in [-0.3, -0.25) is 9.10 Å². The molecule has 144 valence electrons. The Labute approximate surface area is 161 Å². The Kier molecular flexibility index (Phi) is 5.85. The number of hydrogen-bond donors (Lipinski definition) is 0. The molecule has 1 unspecified atom stereocenters. The average molecular weight is 387 g/mol. The molecule has 0 N–H and O–H groups in total. The monoisotopic (exact) mass is 386 g/mol. The molecule has 0 saturated carbocycles. The molecule has 27 heavy (non-hydrogen) atoms. The number of carbonyl (C=O) groups excluding carboxylic acids is 1. The Morgan fingerprint density at radius 2 is 1.78 bits per heavy atom. The Morgan fingerprint density at radius 3 is 2.41 bits per heavy atom. The van der Waals surface area contributed by atoms with Crippen molar-refractivity contribution in [3.8, 4) is 0 Å². The second-order valence-corrected chi connectivity index (χ2v) is 9.11. The number of aryl methyl sites for hydroxylation is 1. The fourth-order valence-electron chi connectivity index (χ4n) is 3.38. The van der Waals surface area contributed by atoms with Gasteiger partial charge in [0.2, 0.25) is 5.91 Å². The molecular formula is C21H26N2O3S. The number of rotatable bonds is 5. The number of amides is 1. The van der Waals surface area contributed by atoms with Crippen LogP contribution >= 0.6 is 0 Å². The molecule has 2 aromatic rings. The number of piperidine rings is 1. The number of hydrogen-bond acceptors (Lipinski definition) is 3. The van der Waals surface area contributed by atoms with Crippen LogP contribution in [0, 0.1) is 12.8 Å². The van der Waals surface area contributed by atoms with Gasteiger partial charge in [-0.2, -0.15) is 0 Å². The minimum absolute atomic E-state index is 0.151. The van der Waals surface area contributed by atoms with Crippen molar-refractivity contribution in [1.29, 1.82) is 0 Å². The molecule has 1 fully saturated rings. The van der Waals surface area contributed by atoms with Gasteiger partial charge in [-0.05, 0) is 49.9 Å². The first-order valence-electron chi connectivity index (χ1n) is 9.30. The van der Waals surface area contributed by atoms with Crippen LogP contribution < -0.4 is 4.31 Å². The van der Waals surface area contributed by atoms with Crippen LogP contribution in [-0.4, -0.2) is 38.9 Å². The molecule has 0 aromatic heterocycles. The smallest absolute Gasteiger partial charge is 0.264 e. The third kappa shape index (κ3) is 4.50. The largest absolute Gasteiger partial charge is 0.341 e. The highest BCUT2D eigenvalue weighted by atomic mass is 32.2. The van der Waals surface area contributed by atoms with E-state index >= 15 is 0 Å². The summed E-state index contributed by atoms with van der Waals surface area (Å²) in [4.78, 5) is 14.9. The summed E-state index contributed by atoms with van der Waals surface area (Å²) in [5, 5.41) is 0. The maximum Gasteiger partial charge on any atom is 0.264 e. The standard InChI is InChI=1S/C21H26N2O3S/c1-17-10-12-19(13-11-17)23(27(25,26)20-8-4-3-5-9-20)16-21(24)22-14-6-7-18(2)15-22/h3-5,8-13,18H,6-7,14-16H2,1-2H3. The van der Waals surface area contributed by atoms with Crippen LogP contribution in [-0.2, 0) is 14.8 Å². The second-order valence-electron chi connectivity index (χ2n) is 7.25. The van der Waals surface area contributed by atoms with Gasteiger partial charge in [0.05, 0.1) is 10.6 Å². The molecule has 1 saturated heterocycles. The predicted molar refractivity (Wildman–Crippen MR) is 107 cm³/mol. The van der Waals surface area contributed by atoms with Crippen molar-refractivity contribution >= 4 is 21.6 Å². The van der Waals surface area contributed by atoms with E-state index < -0.39 is 10.0 Å². The minimum atomic E-state index is -3.83. The Morgan fingerprint density at radius 1 is 1.11 bits per heavy atom. The molecule has 0 spiro atoms. The van der Waals surface area contributed by atoms with Crippen LogP contribution in [0.1, 0.15) is 25.3 Å². The number of benzene rings is 2. The molecule has 0 bridgehead atoms. The van der Waals surface area contributed by atoms with Crippen LogP contribution in [0.3, 0.4) is 0 Å². The molecule has 0 radical (unpaired) electrons. The van der Waals surface area contributed by atoms with Crippen molar-refractivity contribution in [2.45, 2.75) is 31.6 Å². The van der Waals surface area contributed by atoms with E-state index in [1.54, 1.807) is 47.4 Å². The summed E-state index contributed by atoms with van der Waals surface area (Å²) in [6, 6.07) is 15.5. The van der Waals surface area contributed by atoms with Gasteiger partial charge in [0, 0.05) is 13.1 Å². The van der Waals surface area contributed by atoms with E-state index in [1.165, 1.54) is 4.31 Å². The lowest BCUT2D eigenvalue weighted by molar-refractivity contribution is -0.131. The molecule has 3 rings (SSSR count). The van der Waals surface area contributed by atoms with Crippen molar-refractivity contribution in [2.24, 2.45) is 5.92 Å². The maximum atomic E-state index is 13.3. The quantitative estimate of drug-likeness (QED) is 0.791. The average Bonchev–Trinajstić information content (AvgIpc) is 2.67. The summed E-state index contributed by atoms with van der Waals surface area (Å²) in [7, 11) is -3.83. The zero-order chi connectivity index (χ0) is 19.4. The van der Waals surface area contributed by atoms with Crippen molar-refractivity contribution in [2.75, 3.05) is 23.9 Å². The molecule has 2 aromatic carbocycles. The van der Waals surface area contributed by atoms with Crippen LogP contribution in [0.5, 0.6) is 0 Å². The third-order valence-corrected chi connectivity index (χ3v) is 6.73. The molecule has 1 atom stereocenters. The molecule has 1 aliphatic rings. The molecule has 5 nitrogen and oxygen atoms in total. The van der Waals surface area contributed by atoms with E-state index in [0.29, 0.717) is 24.7 Å². The van der Waals surface area contributed by atoms with Crippen LogP contribution in [0.2, 0.25) is 0 Å². The molecule has 1 aliphatic heterocycles. The highest BCUT2D eigenvalue weighted by molar-refractivity contribution is 7.92. The summed E-state index contributed by atoms with van der Waals surface area (Å²) in [6.07, 6.45) is 2.07. The molecule has 0 aliphatic carbocycles. The predicted octanol–water partition coefficient (Wildman–Crippen LogP) is 3.45. The van der Waals surface area contributed by atoms with Crippen molar-refractivity contribution in [3.05, 3.63) is 60.2 Å². The van der Waals surface area contributed by atoms with Gasteiger partial charge in [0.1, 0.15) is 6.54 Å². The summed E-state index contributed by atoms with van der Waals surface area (Å²) in [5.41, 5.74) is 1.54. The number of likely N-dealkylation sites (tertiary alicyclic amines) is 1. The van der Waals surface area contributed by atoms with Gasteiger partial charge in [0.25, 0.3) is 10.0 Å². The molecule has 1 amide bonds. The van der Waals surface area contributed by atoms with Gasteiger partial charge in [-0.1, -0.05) is 42.8 Å². The van der Waals surface area contributed by atoms with Gasteiger partial charge < -0.3 is 4.90 Å². The van der Waals surface area contributed by atoms with Crippen molar-refractivity contribution < 1.29 is 13.2 Å². The summed E-state index contributed by atoms with van der Waals surface area (Å²) >= 11 is 0. The first-order chi connectivity index (χ1) is 12.9. The zero-order valence-electron chi connectivity index (χ0n) is 15.8. The fourth-order valence-corrected chi connectivity index (χ4v) is 4.82. The van der Waals surface area contributed by atoms with Crippen molar-refractivity contribution in [3.63, 3.8) is 0 Å². The van der Waals surface area contributed by atoms with E-state index in [-0.39, 0.29) is 17.3 Å². The minimum Gasteiger partial charge on any atom is -0.341 e. The van der Waals surface area contributed by atoms with E-state index in [0.717, 1.165) is 18.4 Å². The van der Waals surface area contributed by atoms with E-state index in [9.17, 15) is 13.2 Å². The Balaban J connectivity index is 1.93. The highest BCUT2D eigenvalue weighted by Gasteiger charge is 2.30. The highest BCUT2D eigenvalue weighted by Crippen LogP contribution is 2.25. The lowest BCUT2D eigenvalue weighted by Crippen LogP contribution is -2.46. The summed E-state index contributed by atoms with van der Waals surface area (Å²) in [5.74, 6) is 0.294. The van der Waals surface area contributed by atoms with Crippen LogP contribution in [0.15, 0.2) is 59.5 Å². The van der Waals surface area contributed by atoms with E-state index in [2.05, 4.69) is 6.92 Å². The summed E-state index contributed by atoms with van der Waals surface area (Å²) in [6.45, 7) is 5.26. The Hall–Kier alpha value is -2.34. The first-order valence-corrected chi connectivity index (χ1v) is 10.7. The fraction of sp³-hybridized carbons (Fsp3) is 0.381. The zero-order valence-corrected chi connectivity index (χ0v) is 16.7. The normalized spacial score (nSPS) is 17.6. The molecular weight excluding hydrogens is 360 g/mol. The lowest BCUT2D eigenvalue weighted by atomic mass is 10.0. The first kappa shape index (κ1) is 19.4. The Bertz CT molecular complexity index is 879. The number of anilines is 1. The number of nitrogens with zero attached hydrogens (tertiary/aromatic N) is 2. The van der Waals surface area contributed by atoms with Gasteiger partial charge in [-0.15, -0.1) is 0 Å². The van der Waals surface area contributed by atoms with Crippen LogP contribution in [0.25, 0.3) is 0 Å². The summed E-state index contributed by atoms with van der Waals surface area (Å²) < 4.78 is 27.7. The van der Waals surface area contributed by atoms with E-state index in [4.69, 9.17) is 0 Å². The SMILES string of the molecule is Cc1ccc(N(CC(=O)N2CCCC(C)C2)S(=O)(=O)c2ccccc2)cc1. The van der Waals surface area contributed by atoms with Crippen LogP contribution in [0.4, 0.5) is 5.69 Å². The van der Waals surface area contributed by atoms with Gasteiger partial charge >= 0.3 is 0 Å². The van der Waals surface area contributed by atoms with Crippen molar-refractivity contribution in [1.82, 2.24) is 4.90 Å². The second kappa shape index (κ2) is 8.13. The topological polar surface area (TPSA) is 57.7 Å². The number of carbonyl (C=O) groups is 1. The van der Waals surface area contributed by atoms with Gasteiger partial charge in [0.15, 0.2) is 0 Å².